The lowest BCUT2D eigenvalue weighted by Crippen LogP contribution is -2.21. The molecule has 3 rings (SSSR count). The van der Waals surface area contributed by atoms with Crippen LogP contribution in [0.4, 0.5) is 0 Å². The van der Waals surface area contributed by atoms with Gasteiger partial charge in [-0.15, -0.1) is 0 Å². The largest absolute Gasteiger partial charge is 0.507 e. The highest BCUT2D eigenvalue weighted by Gasteiger charge is 2.22. The van der Waals surface area contributed by atoms with Gasteiger partial charge in [-0.25, -0.2) is 0 Å². The van der Waals surface area contributed by atoms with Gasteiger partial charge in [0, 0.05) is 17.0 Å². The summed E-state index contributed by atoms with van der Waals surface area (Å²) >= 11 is 0. The van der Waals surface area contributed by atoms with Gasteiger partial charge in [-0.3, -0.25) is 0 Å². The van der Waals surface area contributed by atoms with Crippen molar-refractivity contribution >= 4 is 10.8 Å². The van der Waals surface area contributed by atoms with Crippen LogP contribution in [0.15, 0.2) is 36.4 Å². The molecule has 0 aromatic heterocycles. The third-order valence-corrected chi connectivity index (χ3v) is 3.81. The SMILES string of the molecule is CC(NCC1CC1)c1ccc2ccccc2c1O. The van der Waals surface area contributed by atoms with E-state index in [9.17, 15) is 5.11 Å². The van der Waals surface area contributed by atoms with Crippen LogP contribution in [0.2, 0.25) is 0 Å². The molecule has 0 aliphatic heterocycles. The van der Waals surface area contributed by atoms with Gasteiger partial charge in [-0.1, -0.05) is 36.4 Å². The molecule has 1 saturated carbocycles. The van der Waals surface area contributed by atoms with Gasteiger partial charge < -0.3 is 10.4 Å². The molecule has 1 fully saturated rings. The Kier molecular flexibility index (Phi) is 2.96. The number of hydrogen-bond acceptors (Lipinski definition) is 2. The van der Waals surface area contributed by atoms with Crippen molar-refractivity contribution in [1.82, 2.24) is 5.32 Å². The van der Waals surface area contributed by atoms with E-state index in [1.165, 1.54) is 12.8 Å². The van der Waals surface area contributed by atoms with Crippen molar-refractivity contribution in [1.29, 1.82) is 0 Å². The monoisotopic (exact) mass is 241 g/mol. The average Bonchev–Trinajstić information content (AvgIpc) is 3.21. The van der Waals surface area contributed by atoms with E-state index in [0.29, 0.717) is 5.75 Å². The van der Waals surface area contributed by atoms with Crippen LogP contribution in [0.1, 0.15) is 31.4 Å². The van der Waals surface area contributed by atoms with Gasteiger partial charge >= 0.3 is 0 Å². The minimum atomic E-state index is 0.204. The van der Waals surface area contributed by atoms with Gasteiger partial charge in [0.1, 0.15) is 5.75 Å². The minimum absolute atomic E-state index is 0.204. The van der Waals surface area contributed by atoms with Crippen LogP contribution in [0.3, 0.4) is 0 Å². The van der Waals surface area contributed by atoms with E-state index in [-0.39, 0.29) is 6.04 Å². The molecule has 2 aromatic rings. The summed E-state index contributed by atoms with van der Waals surface area (Å²) < 4.78 is 0. The lowest BCUT2D eigenvalue weighted by Gasteiger charge is -2.16. The second kappa shape index (κ2) is 4.62. The van der Waals surface area contributed by atoms with Gasteiger partial charge in [-0.2, -0.15) is 0 Å². The molecule has 0 spiro atoms. The highest BCUT2D eigenvalue weighted by molar-refractivity contribution is 5.89. The van der Waals surface area contributed by atoms with E-state index >= 15 is 0 Å². The van der Waals surface area contributed by atoms with Crippen molar-refractivity contribution in [2.45, 2.75) is 25.8 Å². The number of fused-ring (bicyclic) bond motifs is 1. The second-order valence-corrected chi connectivity index (χ2v) is 5.30. The van der Waals surface area contributed by atoms with Crippen molar-refractivity contribution in [3.63, 3.8) is 0 Å². The fraction of sp³-hybridized carbons (Fsp3) is 0.375. The first-order valence-electron chi connectivity index (χ1n) is 6.69. The van der Waals surface area contributed by atoms with Crippen LogP contribution < -0.4 is 5.32 Å². The number of rotatable bonds is 4. The van der Waals surface area contributed by atoms with Crippen LogP contribution in [-0.2, 0) is 0 Å². The first-order chi connectivity index (χ1) is 8.75. The molecule has 2 heteroatoms. The molecule has 94 valence electrons. The molecule has 1 unspecified atom stereocenters. The number of aromatic hydroxyl groups is 1. The molecule has 2 aromatic carbocycles. The number of phenolic OH excluding ortho intramolecular Hbond substituents is 1. The van der Waals surface area contributed by atoms with Crippen LogP contribution >= 0.6 is 0 Å². The van der Waals surface area contributed by atoms with Crippen LogP contribution in [0, 0.1) is 5.92 Å². The Morgan fingerprint density at radius 2 is 2.00 bits per heavy atom. The predicted octanol–water partition coefficient (Wildman–Crippen LogP) is 3.61. The molecule has 2 nitrogen and oxygen atoms in total. The van der Waals surface area contributed by atoms with Crippen molar-refractivity contribution in [3.05, 3.63) is 42.0 Å². The summed E-state index contributed by atoms with van der Waals surface area (Å²) in [7, 11) is 0. The second-order valence-electron chi connectivity index (χ2n) is 5.30. The first-order valence-corrected chi connectivity index (χ1v) is 6.69. The summed E-state index contributed by atoms with van der Waals surface area (Å²) in [4.78, 5) is 0. The van der Waals surface area contributed by atoms with E-state index < -0.39 is 0 Å². The normalized spacial score (nSPS) is 16.9. The smallest absolute Gasteiger partial charge is 0.128 e. The molecule has 0 saturated heterocycles. The molecule has 1 atom stereocenters. The Labute approximate surface area is 108 Å². The zero-order chi connectivity index (χ0) is 12.5. The lowest BCUT2D eigenvalue weighted by atomic mass is 10.0. The summed E-state index contributed by atoms with van der Waals surface area (Å²) in [5.41, 5.74) is 0.995. The van der Waals surface area contributed by atoms with Crippen LogP contribution in [0.5, 0.6) is 5.75 Å². The van der Waals surface area contributed by atoms with Crippen molar-refractivity contribution in [3.8, 4) is 5.75 Å². The number of nitrogens with one attached hydrogen (secondary N) is 1. The molecule has 0 radical (unpaired) electrons. The van der Waals surface area contributed by atoms with Crippen LogP contribution in [-0.4, -0.2) is 11.7 Å². The quantitative estimate of drug-likeness (QED) is 0.857. The highest BCUT2D eigenvalue weighted by Crippen LogP contribution is 2.33. The van der Waals surface area contributed by atoms with Crippen molar-refractivity contribution in [2.75, 3.05) is 6.54 Å². The van der Waals surface area contributed by atoms with Gasteiger partial charge in [0.15, 0.2) is 0 Å². The Morgan fingerprint density at radius 1 is 1.22 bits per heavy atom. The average molecular weight is 241 g/mol. The topological polar surface area (TPSA) is 32.3 Å². The lowest BCUT2D eigenvalue weighted by molar-refractivity contribution is 0.456. The number of benzene rings is 2. The summed E-state index contributed by atoms with van der Waals surface area (Å²) in [5.74, 6) is 1.28. The number of phenols is 1. The van der Waals surface area contributed by atoms with Gasteiger partial charge in [-0.05, 0) is 37.6 Å². The summed E-state index contributed by atoms with van der Waals surface area (Å²) in [6.45, 7) is 3.18. The van der Waals surface area contributed by atoms with E-state index in [2.05, 4.69) is 18.3 Å². The first kappa shape index (κ1) is 11.5. The zero-order valence-electron chi connectivity index (χ0n) is 10.7. The fourth-order valence-corrected chi connectivity index (χ4v) is 2.40. The predicted molar refractivity (Wildman–Crippen MR) is 74.8 cm³/mol. The molecule has 18 heavy (non-hydrogen) atoms. The maximum absolute atomic E-state index is 10.4. The molecule has 0 amide bonds. The van der Waals surface area contributed by atoms with E-state index in [4.69, 9.17) is 0 Å². The Balaban J connectivity index is 1.88. The van der Waals surface area contributed by atoms with Gasteiger partial charge in [0.2, 0.25) is 0 Å². The Hall–Kier alpha value is -1.54. The van der Waals surface area contributed by atoms with Crippen LogP contribution in [0.25, 0.3) is 10.8 Å². The minimum Gasteiger partial charge on any atom is -0.507 e. The third-order valence-electron chi connectivity index (χ3n) is 3.81. The molecule has 1 aliphatic carbocycles. The van der Waals surface area contributed by atoms with Gasteiger partial charge in [0.05, 0.1) is 0 Å². The Bertz CT molecular complexity index is 560. The maximum atomic E-state index is 10.4. The van der Waals surface area contributed by atoms with E-state index in [1.807, 2.05) is 30.3 Å². The van der Waals surface area contributed by atoms with E-state index in [0.717, 1.165) is 28.8 Å². The van der Waals surface area contributed by atoms with Crippen molar-refractivity contribution < 1.29 is 5.11 Å². The summed E-state index contributed by atoms with van der Waals surface area (Å²) in [5, 5.41) is 15.9. The Morgan fingerprint density at radius 3 is 2.78 bits per heavy atom. The molecule has 1 aliphatic rings. The molecule has 0 heterocycles. The molecular weight excluding hydrogens is 222 g/mol. The summed E-state index contributed by atoms with van der Waals surface area (Å²) in [6.07, 6.45) is 2.70. The van der Waals surface area contributed by atoms with Crippen molar-refractivity contribution in [2.24, 2.45) is 5.92 Å². The van der Waals surface area contributed by atoms with E-state index in [1.54, 1.807) is 0 Å². The zero-order valence-corrected chi connectivity index (χ0v) is 10.7. The standard InChI is InChI=1S/C16H19NO/c1-11(17-10-12-6-7-12)14-9-8-13-4-2-3-5-15(13)16(14)18/h2-5,8-9,11-12,17-18H,6-7,10H2,1H3. The number of hydrogen-bond donors (Lipinski definition) is 2. The van der Waals surface area contributed by atoms with Gasteiger partial charge in [0.25, 0.3) is 0 Å². The third kappa shape index (κ3) is 2.21. The molecule has 2 N–H and O–H groups in total. The molecule has 0 bridgehead atoms. The fourth-order valence-electron chi connectivity index (χ4n) is 2.40. The molecular formula is C16H19NO. The maximum Gasteiger partial charge on any atom is 0.128 e. The summed E-state index contributed by atoms with van der Waals surface area (Å²) in [6, 6.07) is 12.3. The highest BCUT2D eigenvalue weighted by atomic mass is 16.3.